The molecule has 0 heterocycles. The normalized spacial score (nSPS) is 9.92. The van der Waals surface area contributed by atoms with Gasteiger partial charge in [0, 0.05) is 15.5 Å². The second-order valence-corrected chi connectivity index (χ2v) is 3.83. The lowest BCUT2D eigenvalue weighted by Crippen LogP contribution is -1.90. The maximum Gasteiger partial charge on any atom is 0.253 e. The van der Waals surface area contributed by atoms with Crippen molar-refractivity contribution in [2.75, 3.05) is 0 Å². The van der Waals surface area contributed by atoms with Gasteiger partial charge in [-0.05, 0) is 51.5 Å². The molecule has 12 heavy (non-hydrogen) atoms. The molecule has 0 unspecified atom stereocenters. The van der Waals surface area contributed by atoms with Crippen molar-refractivity contribution in [3.8, 4) is 0 Å². The fourth-order valence-electron chi connectivity index (χ4n) is 0.722. The van der Waals surface area contributed by atoms with E-state index in [1.165, 1.54) is 0 Å². The zero-order chi connectivity index (χ0) is 9.14. The number of halogens is 3. The van der Waals surface area contributed by atoms with Gasteiger partial charge in [0.15, 0.2) is 0 Å². The Morgan fingerprint density at radius 2 is 2.08 bits per heavy atom. The van der Waals surface area contributed by atoms with Gasteiger partial charge in [-0.2, -0.15) is 0 Å². The van der Waals surface area contributed by atoms with Crippen LogP contribution in [-0.2, 0) is 0 Å². The Kier molecular flexibility index (Phi) is 3.72. The quantitative estimate of drug-likeness (QED) is 0.729. The van der Waals surface area contributed by atoms with Crippen molar-refractivity contribution in [1.29, 1.82) is 0 Å². The molecule has 1 nitrogen and oxygen atoms in total. The Labute approximate surface area is 88.5 Å². The van der Waals surface area contributed by atoms with E-state index in [1.807, 2.05) is 0 Å². The summed E-state index contributed by atoms with van der Waals surface area (Å²) in [6, 6.07) is 4.73. The van der Waals surface area contributed by atoms with Crippen molar-refractivity contribution < 1.29 is 4.79 Å². The summed E-state index contributed by atoms with van der Waals surface area (Å²) in [7, 11) is 6.42. The molecule has 0 radical (unpaired) electrons. The van der Waals surface area contributed by atoms with Crippen LogP contribution >= 0.6 is 44.9 Å². The first-order valence-corrected chi connectivity index (χ1v) is 5.33. The van der Waals surface area contributed by atoms with E-state index in [-0.39, 0.29) is 0 Å². The first-order valence-electron chi connectivity index (χ1n) is 2.93. The summed E-state index contributed by atoms with van der Waals surface area (Å²) in [4.78, 5) is 11.4. The highest BCUT2D eigenvalue weighted by molar-refractivity contribution is 8.21. The maximum atomic E-state index is 10.8. The fourth-order valence-corrected chi connectivity index (χ4v) is 1.98. The Balaban J connectivity index is 3.20. The number of rotatable bonds is 2. The summed E-state index contributed by atoms with van der Waals surface area (Å²) in [5.41, 5.74) is 0.376. The summed E-state index contributed by atoms with van der Waals surface area (Å²) in [6.45, 7) is 0. The largest absolute Gasteiger partial charge is 0.276 e. The predicted molar refractivity (Wildman–Crippen MR) is 53.3 cm³/mol. The monoisotopic (exact) mass is 240 g/mol. The Morgan fingerprint density at radius 3 is 2.58 bits per heavy atom. The molecule has 5 heteroatoms. The number of benzene rings is 1. The third-order valence-corrected chi connectivity index (χ3v) is 2.68. The zero-order valence-electron chi connectivity index (χ0n) is 5.68. The van der Waals surface area contributed by atoms with Gasteiger partial charge in [0.05, 0.1) is 0 Å². The van der Waals surface area contributed by atoms with Crippen molar-refractivity contribution in [3.05, 3.63) is 28.8 Å². The maximum absolute atomic E-state index is 10.8. The van der Waals surface area contributed by atoms with E-state index in [1.54, 1.807) is 18.2 Å². The van der Waals surface area contributed by atoms with Crippen molar-refractivity contribution in [3.63, 3.8) is 0 Å². The van der Waals surface area contributed by atoms with Gasteiger partial charge in [-0.1, -0.05) is 11.6 Å². The molecule has 1 aromatic rings. The van der Waals surface area contributed by atoms with Gasteiger partial charge in [0.1, 0.15) is 0 Å². The van der Waals surface area contributed by atoms with Crippen LogP contribution in [0.5, 0.6) is 0 Å². The average Bonchev–Trinajstić information content (AvgIpc) is 2.03. The van der Waals surface area contributed by atoms with Crippen LogP contribution < -0.4 is 0 Å². The highest BCUT2D eigenvalue weighted by Gasteiger charge is 2.08. The molecule has 1 aromatic carbocycles. The highest BCUT2D eigenvalue weighted by Crippen LogP contribution is 2.29. The lowest BCUT2D eigenvalue weighted by atomic mass is 10.2. The Morgan fingerprint density at radius 1 is 1.42 bits per heavy atom. The summed E-state index contributed by atoms with van der Waals surface area (Å²) >= 11 is 11.0. The van der Waals surface area contributed by atoms with E-state index in [2.05, 4.69) is 0 Å². The molecule has 0 aromatic heterocycles. The minimum absolute atomic E-state index is 0.376. The molecule has 1 rings (SSSR count). The van der Waals surface area contributed by atoms with Gasteiger partial charge in [-0.3, -0.25) is 4.79 Å². The molecule has 0 N–H and O–H groups in total. The second kappa shape index (κ2) is 4.38. The SMILES string of the molecule is O=C(Cl)c1ccc(Cl)cc1SCl. The summed E-state index contributed by atoms with van der Waals surface area (Å²) in [5.74, 6) is 0. The lowest BCUT2D eigenvalue weighted by molar-refractivity contribution is 0.107. The molecule has 0 atom stereocenters. The molecule has 0 aliphatic heterocycles. The van der Waals surface area contributed by atoms with E-state index in [0.29, 0.717) is 15.5 Å². The van der Waals surface area contributed by atoms with Crippen molar-refractivity contribution >= 4 is 50.1 Å². The summed E-state index contributed by atoms with van der Waals surface area (Å²) < 4.78 is 0. The number of carbonyl (C=O) groups is 1. The number of hydrogen-bond donors (Lipinski definition) is 0. The average molecular weight is 242 g/mol. The first-order chi connectivity index (χ1) is 5.65. The van der Waals surface area contributed by atoms with Crippen LogP contribution in [0.3, 0.4) is 0 Å². The third-order valence-electron chi connectivity index (χ3n) is 1.24. The van der Waals surface area contributed by atoms with Crippen LogP contribution in [-0.4, -0.2) is 5.24 Å². The van der Waals surface area contributed by atoms with Crippen molar-refractivity contribution in [2.24, 2.45) is 0 Å². The third kappa shape index (κ3) is 2.30. The number of hydrogen-bond acceptors (Lipinski definition) is 2. The molecule has 0 spiro atoms. The highest BCUT2D eigenvalue weighted by atomic mass is 35.7. The minimum atomic E-state index is -0.533. The minimum Gasteiger partial charge on any atom is -0.276 e. The molecule has 0 bridgehead atoms. The molecule has 0 saturated heterocycles. The molecule has 0 aliphatic carbocycles. The summed E-state index contributed by atoms with van der Waals surface area (Å²) in [6.07, 6.45) is 0. The molecule has 0 amide bonds. The van der Waals surface area contributed by atoms with Crippen LogP contribution in [0.1, 0.15) is 10.4 Å². The van der Waals surface area contributed by atoms with E-state index >= 15 is 0 Å². The Bertz CT molecular complexity index is 314. The second-order valence-electron chi connectivity index (χ2n) is 1.99. The zero-order valence-corrected chi connectivity index (χ0v) is 8.77. The Hall–Kier alpha value is 0.110. The smallest absolute Gasteiger partial charge is 0.253 e. The van der Waals surface area contributed by atoms with Crippen LogP contribution in [0.25, 0.3) is 0 Å². The predicted octanol–water partition coefficient (Wildman–Crippen LogP) is 3.96. The molecular weight excluding hydrogens is 239 g/mol. The topological polar surface area (TPSA) is 17.1 Å². The lowest BCUT2D eigenvalue weighted by Gasteiger charge is -2.00. The summed E-state index contributed by atoms with van der Waals surface area (Å²) in [5, 5.41) is -0.00497. The van der Waals surface area contributed by atoms with Gasteiger partial charge in [0.25, 0.3) is 5.24 Å². The van der Waals surface area contributed by atoms with E-state index in [9.17, 15) is 4.79 Å². The van der Waals surface area contributed by atoms with Crippen LogP contribution in [0.15, 0.2) is 23.1 Å². The van der Waals surface area contributed by atoms with Crippen molar-refractivity contribution in [1.82, 2.24) is 0 Å². The standard InChI is InChI=1S/C7H3Cl3OS/c8-4-1-2-5(7(9)11)6(3-4)12-10/h1-3H. The van der Waals surface area contributed by atoms with Crippen molar-refractivity contribution in [2.45, 2.75) is 4.90 Å². The van der Waals surface area contributed by atoms with E-state index in [4.69, 9.17) is 33.9 Å². The van der Waals surface area contributed by atoms with Gasteiger partial charge in [-0.15, -0.1) is 0 Å². The molecule has 0 saturated carbocycles. The molecular formula is C7H3Cl3OS. The van der Waals surface area contributed by atoms with Crippen LogP contribution in [0.2, 0.25) is 5.02 Å². The molecule has 64 valence electrons. The van der Waals surface area contributed by atoms with Crippen LogP contribution in [0, 0.1) is 0 Å². The molecule has 0 aliphatic rings. The van der Waals surface area contributed by atoms with E-state index < -0.39 is 5.24 Å². The van der Waals surface area contributed by atoms with Gasteiger partial charge in [0.2, 0.25) is 0 Å². The van der Waals surface area contributed by atoms with Gasteiger partial charge in [-0.25, -0.2) is 0 Å². The van der Waals surface area contributed by atoms with Crippen LogP contribution in [0.4, 0.5) is 0 Å². The van der Waals surface area contributed by atoms with E-state index in [0.717, 1.165) is 11.0 Å². The number of carbonyl (C=O) groups excluding carboxylic acids is 1. The fraction of sp³-hybridized carbons (Fsp3) is 0. The molecule has 0 fully saturated rings. The first kappa shape index (κ1) is 10.2. The van der Waals surface area contributed by atoms with Gasteiger partial charge >= 0.3 is 0 Å². The van der Waals surface area contributed by atoms with Gasteiger partial charge < -0.3 is 0 Å².